The fraction of sp³-hybridized carbons (Fsp3) is 0.750. The van der Waals surface area contributed by atoms with E-state index in [-0.39, 0.29) is 36.8 Å². The molecule has 0 aromatic carbocycles. The van der Waals surface area contributed by atoms with Crippen LogP contribution in [0.25, 0.3) is 0 Å². The van der Waals surface area contributed by atoms with Gasteiger partial charge in [0.2, 0.25) is 0 Å². The van der Waals surface area contributed by atoms with E-state index in [2.05, 4.69) is 34.5 Å². The normalized spacial score (nSPS) is 19.0. The van der Waals surface area contributed by atoms with E-state index >= 15 is 0 Å². The quantitative estimate of drug-likeness (QED) is 0.843. The molecule has 1 fully saturated rings. The average molecular weight is 378 g/mol. The highest BCUT2D eigenvalue weighted by molar-refractivity contribution is 5.92. The molecule has 0 aliphatic carbocycles. The minimum absolute atomic E-state index is 0. The predicted octanol–water partition coefficient (Wildman–Crippen LogP) is 1.82. The first kappa shape index (κ1) is 21.2. The summed E-state index contributed by atoms with van der Waals surface area (Å²) in [6.07, 6.45) is 3.09. The molecule has 3 heterocycles. The maximum absolute atomic E-state index is 12.4. The number of rotatable bonds is 3. The zero-order chi connectivity index (χ0) is 15.5. The first-order chi connectivity index (χ1) is 10.6. The van der Waals surface area contributed by atoms with Crippen LogP contribution in [0, 0.1) is 0 Å². The molecule has 0 unspecified atom stereocenters. The van der Waals surface area contributed by atoms with Crippen molar-refractivity contribution >= 4 is 30.7 Å². The van der Waals surface area contributed by atoms with Crippen molar-refractivity contribution in [3.8, 4) is 0 Å². The Morgan fingerprint density at radius 3 is 2.67 bits per heavy atom. The van der Waals surface area contributed by atoms with Gasteiger partial charge in [-0.1, -0.05) is 0 Å². The van der Waals surface area contributed by atoms with Crippen LogP contribution in [0.15, 0.2) is 6.07 Å². The van der Waals surface area contributed by atoms with Crippen molar-refractivity contribution < 1.29 is 4.79 Å². The molecule has 0 saturated carbocycles. The molecule has 138 valence electrons. The molecule has 0 spiro atoms. The molecule has 1 amide bonds. The number of amides is 1. The zero-order valence-electron chi connectivity index (χ0n) is 14.5. The van der Waals surface area contributed by atoms with Gasteiger partial charge in [-0.3, -0.25) is 14.4 Å². The van der Waals surface area contributed by atoms with Crippen molar-refractivity contribution in [3.63, 3.8) is 0 Å². The SMILES string of the molecule is CC(C)N1CCCn2nc(C(=O)NC3CCNCC3)cc2C1.Cl.Cl. The van der Waals surface area contributed by atoms with Crippen molar-refractivity contribution in [2.45, 2.75) is 58.3 Å². The van der Waals surface area contributed by atoms with Crippen LogP contribution in [-0.2, 0) is 13.1 Å². The summed E-state index contributed by atoms with van der Waals surface area (Å²) in [6, 6.07) is 2.77. The van der Waals surface area contributed by atoms with Crippen molar-refractivity contribution in [1.29, 1.82) is 0 Å². The first-order valence-corrected chi connectivity index (χ1v) is 8.46. The van der Waals surface area contributed by atoms with Crippen LogP contribution in [0.3, 0.4) is 0 Å². The maximum Gasteiger partial charge on any atom is 0.272 e. The van der Waals surface area contributed by atoms with Gasteiger partial charge in [0.15, 0.2) is 0 Å². The van der Waals surface area contributed by atoms with Crippen molar-refractivity contribution in [2.75, 3.05) is 19.6 Å². The van der Waals surface area contributed by atoms with Gasteiger partial charge in [0.05, 0.1) is 5.69 Å². The van der Waals surface area contributed by atoms with Gasteiger partial charge in [-0.05, 0) is 52.3 Å². The monoisotopic (exact) mass is 377 g/mol. The minimum Gasteiger partial charge on any atom is -0.348 e. The lowest BCUT2D eigenvalue weighted by atomic mass is 10.1. The third kappa shape index (κ3) is 5.09. The molecule has 0 bridgehead atoms. The summed E-state index contributed by atoms with van der Waals surface area (Å²) in [5.74, 6) is -0.0245. The highest BCUT2D eigenvalue weighted by atomic mass is 35.5. The van der Waals surface area contributed by atoms with Crippen LogP contribution < -0.4 is 10.6 Å². The number of fused-ring (bicyclic) bond motifs is 1. The third-order valence-electron chi connectivity index (χ3n) is 4.68. The topological polar surface area (TPSA) is 62.2 Å². The number of nitrogens with zero attached hydrogens (tertiary/aromatic N) is 3. The average Bonchev–Trinajstić information content (AvgIpc) is 2.80. The fourth-order valence-corrected chi connectivity index (χ4v) is 3.26. The van der Waals surface area contributed by atoms with Crippen molar-refractivity contribution in [1.82, 2.24) is 25.3 Å². The molecule has 1 saturated heterocycles. The van der Waals surface area contributed by atoms with E-state index in [9.17, 15) is 4.79 Å². The Kier molecular flexibility index (Phi) is 8.50. The number of aryl methyl sites for hydroxylation is 1. The van der Waals surface area contributed by atoms with Gasteiger partial charge in [0, 0.05) is 31.7 Å². The van der Waals surface area contributed by atoms with Gasteiger partial charge >= 0.3 is 0 Å². The summed E-state index contributed by atoms with van der Waals surface area (Å²) < 4.78 is 2.01. The molecule has 2 aliphatic rings. The molecule has 8 heteroatoms. The second-order valence-corrected chi connectivity index (χ2v) is 6.66. The van der Waals surface area contributed by atoms with Crippen molar-refractivity contribution in [2.24, 2.45) is 0 Å². The van der Waals surface area contributed by atoms with Crippen LogP contribution in [0.5, 0.6) is 0 Å². The van der Waals surface area contributed by atoms with Gasteiger partial charge < -0.3 is 10.6 Å². The van der Waals surface area contributed by atoms with Crippen LogP contribution in [0.2, 0.25) is 0 Å². The van der Waals surface area contributed by atoms with E-state index in [1.54, 1.807) is 0 Å². The van der Waals surface area contributed by atoms with Crippen LogP contribution in [0.1, 0.15) is 49.3 Å². The Labute approximate surface area is 156 Å². The van der Waals surface area contributed by atoms with Gasteiger partial charge in [0.25, 0.3) is 5.91 Å². The Morgan fingerprint density at radius 1 is 1.29 bits per heavy atom. The molecule has 1 aromatic heterocycles. The predicted molar refractivity (Wildman–Crippen MR) is 100 cm³/mol. The highest BCUT2D eigenvalue weighted by Crippen LogP contribution is 2.16. The summed E-state index contributed by atoms with van der Waals surface area (Å²) in [6.45, 7) is 9.28. The lowest BCUT2D eigenvalue weighted by molar-refractivity contribution is 0.0923. The van der Waals surface area contributed by atoms with Gasteiger partial charge in [-0.25, -0.2) is 0 Å². The summed E-state index contributed by atoms with van der Waals surface area (Å²) in [7, 11) is 0. The highest BCUT2D eigenvalue weighted by Gasteiger charge is 2.22. The lowest BCUT2D eigenvalue weighted by Crippen LogP contribution is -2.42. The Bertz CT molecular complexity index is 529. The molecule has 2 N–H and O–H groups in total. The Hall–Kier alpha value is -0.820. The van der Waals surface area contributed by atoms with Crippen LogP contribution in [-0.4, -0.2) is 52.3 Å². The standard InChI is InChI=1S/C16H27N5O.2ClH/c1-12(2)20-8-3-9-21-14(11-20)10-15(19-21)16(22)18-13-4-6-17-7-5-13;;/h10,12-13,17H,3-9,11H2,1-2H3,(H,18,22);2*1H. The molecule has 0 radical (unpaired) electrons. The maximum atomic E-state index is 12.4. The number of piperidine rings is 1. The van der Waals surface area contributed by atoms with Crippen LogP contribution in [0.4, 0.5) is 0 Å². The van der Waals surface area contributed by atoms with E-state index in [0.29, 0.717) is 11.7 Å². The lowest BCUT2D eigenvalue weighted by Gasteiger charge is -2.23. The number of carbonyl (C=O) groups excluding carboxylic acids is 1. The van der Waals surface area contributed by atoms with E-state index in [4.69, 9.17) is 0 Å². The van der Waals surface area contributed by atoms with Crippen molar-refractivity contribution in [3.05, 3.63) is 17.5 Å². The largest absolute Gasteiger partial charge is 0.348 e. The molecule has 6 nitrogen and oxygen atoms in total. The van der Waals surface area contributed by atoms with E-state index in [1.165, 1.54) is 0 Å². The zero-order valence-corrected chi connectivity index (χ0v) is 16.1. The first-order valence-electron chi connectivity index (χ1n) is 8.46. The second kappa shape index (κ2) is 9.61. The summed E-state index contributed by atoms with van der Waals surface area (Å²) in [5.41, 5.74) is 1.72. The third-order valence-corrected chi connectivity index (χ3v) is 4.68. The molecule has 1 aromatic rings. The molecular formula is C16H29Cl2N5O. The number of halogens is 2. The Balaban J connectivity index is 0.00000144. The van der Waals surface area contributed by atoms with Crippen LogP contribution >= 0.6 is 24.8 Å². The van der Waals surface area contributed by atoms with Gasteiger partial charge in [0.1, 0.15) is 5.69 Å². The van der Waals surface area contributed by atoms with E-state index < -0.39 is 0 Å². The van der Waals surface area contributed by atoms with E-state index in [0.717, 1.165) is 57.7 Å². The number of hydrogen-bond donors (Lipinski definition) is 2. The summed E-state index contributed by atoms with van der Waals surface area (Å²) in [4.78, 5) is 14.9. The van der Waals surface area contributed by atoms with E-state index in [1.807, 2.05) is 10.7 Å². The minimum atomic E-state index is -0.0245. The van der Waals surface area contributed by atoms with Gasteiger partial charge in [-0.2, -0.15) is 5.10 Å². The molecular weight excluding hydrogens is 349 g/mol. The summed E-state index contributed by atoms with van der Waals surface area (Å²) in [5, 5.41) is 11.0. The molecule has 0 atom stereocenters. The molecule has 24 heavy (non-hydrogen) atoms. The smallest absolute Gasteiger partial charge is 0.272 e. The number of aromatic nitrogens is 2. The Morgan fingerprint density at radius 2 is 2.00 bits per heavy atom. The molecule has 2 aliphatic heterocycles. The fourth-order valence-electron chi connectivity index (χ4n) is 3.26. The second-order valence-electron chi connectivity index (χ2n) is 6.66. The number of carbonyl (C=O) groups is 1. The number of hydrogen-bond acceptors (Lipinski definition) is 4. The summed E-state index contributed by atoms with van der Waals surface area (Å²) >= 11 is 0. The van der Waals surface area contributed by atoms with Gasteiger partial charge in [-0.15, -0.1) is 24.8 Å². The molecule has 3 rings (SSSR count). The number of nitrogens with one attached hydrogen (secondary N) is 2.